The van der Waals surface area contributed by atoms with E-state index in [-0.39, 0.29) is 10.7 Å². The molecular weight excluding hydrogens is 396 g/mol. The number of benzene rings is 2. The highest BCUT2D eigenvalue weighted by atomic mass is 35.5. The molecule has 1 N–H and O–H groups in total. The lowest BCUT2D eigenvalue weighted by Crippen LogP contribution is -2.54. The normalized spacial score (nSPS) is 15.8. The van der Waals surface area contributed by atoms with Crippen LogP contribution in [0.4, 0.5) is 5.69 Å². The molecule has 2 aromatic carbocycles. The smallest absolute Gasteiger partial charge is 0.270 e. The van der Waals surface area contributed by atoms with Crippen molar-refractivity contribution >= 4 is 52.5 Å². The number of halogens is 1. The molecule has 0 radical (unpaired) electrons. The average molecular weight is 415 g/mol. The fourth-order valence-corrected chi connectivity index (χ4v) is 3.42. The molecule has 0 aliphatic carbocycles. The molecule has 1 aliphatic heterocycles. The van der Waals surface area contributed by atoms with Crippen molar-refractivity contribution in [2.45, 2.75) is 20.8 Å². The molecule has 1 aliphatic rings. The Labute approximate surface area is 173 Å². The number of thiocarbonyl (C=S) groups is 1. The monoisotopic (exact) mass is 414 g/mol. The summed E-state index contributed by atoms with van der Waals surface area (Å²) in [6.45, 7) is 6.21. The van der Waals surface area contributed by atoms with Crippen LogP contribution in [0.25, 0.3) is 6.08 Å². The van der Waals surface area contributed by atoms with Gasteiger partial charge >= 0.3 is 0 Å². The minimum Gasteiger partial charge on any atom is -0.492 e. The van der Waals surface area contributed by atoms with E-state index in [0.29, 0.717) is 28.6 Å². The molecule has 2 amide bonds. The summed E-state index contributed by atoms with van der Waals surface area (Å²) in [4.78, 5) is 26.9. The van der Waals surface area contributed by atoms with E-state index in [1.807, 2.05) is 32.9 Å². The molecule has 0 atom stereocenters. The van der Waals surface area contributed by atoms with Crippen LogP contribution in [0.2, 0.25) is 5.02 Å². The van der Waals surface area contributed by atoms with Crippen molar-refractivity contribution in [3.05, 3.63) is 63.7 Å². The predicted molar refractivity (Wildman–Crippen MR) is 115 cm³/mol. The third-order valence-corrected chi connectivity index (χ3v) is 5.07. The molecule has 1 heterocycles. The second-order valence-corrected chi connectivity index (χ2v) is 7.09. The molecule has 1 saturated heterocycles. The molecule has 0 saturated carbocycles. The van der Waals surface area contributed by atoms with Gasteiger partial charge in [-0.05, 0) is 74.0 Å². The average Bonchev–Trinajstić information content (AvgIpc) is 2.64. The van der Waals surface area contributed by atoms with Gasteiger partial charge in [-0.2, -0.15) is 0 Å². The van der Waals surface area contributed by atoms with E-state index in [1.54, 1.807) is 24.3 Å². The van der Waals surface area contributed by atoms with E-state index in [2.05, 4.69) is 5.32 Å². The number of anilines is 1. The maximum absolute atomic E-state index is 13.1. The Balaban J connectivity index is 2.01. The summed E-state index contributed by atoms with van der Waals surface area (Å²) < 4.78 is 5.41. The zero-order valence-electron chi connectivity index (χ0n) is 15.7. The Hall–Kier alpha value is -2.70. The van der Waals surface area contributed by atoms with E-state index in [4.69, 9.17) is 28.6 Å². The number of hydrogen-bond donors (Lipinski definition) is 1. The zero-order chi connectivity index (χ0) is 20.4. The van der Waals surface area contributed by atoms with Crippen LogP contribution in [0.5, 0.6) is 5.75 Å². The van der Waals surface area contributed by atoms with Gasteiger partial charge in [0, 0.05) is 0 Å². The summed E-state index contributed by atoms with van der Waals surface area (Å²) in [6.07, 6.45) is 1.50. The summed E-state index contributed by atoms with van der Waals surface area (Å²) in [5.74, 6) is -0.474. The first-order chi connectivity index (χ1) is 13.3. The van der Waals surface area contributed by atoms with Crippen LogP contribution in [0.3, 0.4) is 0 Å². The van der Waals surface area contributed by atoms with Gasteiger partial charge in [0.2, 0.25) is 0 Å². The molecule has 1 fully saturated rings. The predicted octanol–water partition coefficient (Wildman–Crippen LogP) is 4.19. The summed E-state index contributed by atoms with van der Waals surface area (Å²) in [5.41, 5.74) is 3.17. The first-order valence-electron chi connectivity index (χ1n) is 8.73. The molecule has 28 heavy (non-hydrogen) atoms. The number of nitrogens with one attached hydrogen (secondary N) is 1. The number of rotatable bonds is 4. The fourth-order valence-electron chi connectivity index (χ4n) is 2.90. The first kappa shape index (κ1) is 20.0. The fraction of sp³-hybridized carbons (Fsp3) is 0.190. The molecule has 2 aromatic rings. The van der Waals surface area contributed by atoms with Gasteiger partial charge in [0.15, 0.2) is 5.11 Å². The minimum absolute atomic E-state index is 0.0188. The van der Waals surface area contributed by atoms with Gasteiger partial charge in [0.25, 0.3) is 11.8 Å². The number of nitrogens with zero attached hydrogens (tertiary/aromatic N) is 1. The van der Waals surface area contributed by atoms with Crippen LogP contribution in [0, 0.1) is 13.8 Å². The third-order valence-electron chi connectivity index (χ3n) is 4.49. The lowest BCUT2D eigenvalue weighted by atomic mass is 10.0. The molecule has 0 aromatic heterocycles. The summed E-state index contributed by atoms with van der Waals surface area (Å²) >= 11 is 11.5. The number of amides is 2. The van der Waals surface area contributed by atoms with Gasteiger partial charge in [0.1, 0.15) is 11.3 Å². The summed E-state index contributed by atoms with van der Waals surface area (Å²) in [5, 5.41) is 3.06. The number of hydrogen-bond acceptors (Lipinski definition) is 4. The Morgan fingerprint density at radius 1 is 1.21 bits per heavy atom. The quantitative estimate of drug-likeness (QED) is 0.463. The Bertz CT molecular complexity index is 1020. The number of carbonyl (C=O) groups excluding carboxylic acids is 2. The maximum atomic E-state index is 13.1. The lowest BCUT2D eigenvalue weighted by Gasteiger charge is -2.30. The Morgan fingerprint density at radius 3 is 2.64 bits per heavy atom. The van der Waals surface area contributed by atoms with Crippen molar-refractivity contribution in [3.8, 4) is 5.75 Å². The van der Waals surface area contributed by atoms with Crippen LogP contribution >= 0.6 is 23.8 Å². The Kier molecular flexibility index (Phi) is 5.82. The summed E-state index contributed by atoms with van der Waals surface area (Å²) in [6, 6.07) is 10.7. The molecule has 0 bridgehead atoms. The second kappa shape index (κ2) is 8.12. The van der Waals surface area contributed by atoms with Gasteiger partial charge in [-0.1, -0.05) is 29.8 Å². The van der Waals surface area contributed by atoms with Crippen molar-refractivity contribution in [2.24, 2.45) is 0 Å². The molecule has 7 heteroatoms. The number of carbonyl (C=O) groups is 2. The molecule has 3 rings (SSSR count). The molecule has 0 unspecified atom stereocenters. The highest BCUT2D eigenvalue weighted by Gasteiger charge is 2.35. The molecular formula is C21H19ClN2O3S. The standard InChI is InChI=1S/C21H19ClN2O3S/c1-4-27-18-9-8-14(11-16(18)22)10-15-19(25)23-21(28)24(20(15)26)17-7-5-6-12(2)13(17)3/h5-11H,4H2,1-3H3,(H,23,25,28)/b15-10+. The summed E-state index contributed by atoms with van der Waals surface area (Å²) in [7, 11) is 0. The topological polar surface area (TPSA) is 58.6 Å². The van der Waals surface area contributed by atoms with Gasteiger partial charge in [0.05, 0.1) is 17.3 Å². The number of ether oxygens (including phenoxy) is 1. The first-order valence-corrected chi connectivity index (χ1v) is 9.52. The lowest BCUT2D eigenvalue weighted by molar-refractivity contribution is -0.122. The third kappa shape index (κ3) is 3.79. The van der Waals surface area contributed by atoms with Crippen LogP contribution in [0.1, 0.15) is 23.6 Å². The maximum Gasteiger partial charge on any atom is 0.270 e. The largest absolute Gasteiger partial charge is 0.492 e. The zero-order valence-corrected chi connectivity index (χ0v) is 17.3. The van der Waals surface area contributed by atoms with Crippen LogP contribution in [0.15, 0.2) is 42.0 Å². The molecule has 5 nitrogen and oxygen atoms in total. The minimum atomic E-state index is -0.540. The Morgan fingerprint density at radius 2 is 1.96 bits per heavy atom. The van der Waals surface area contributed by atoms with Gasteiger partial charge in [-0.3, -0.25) is 19.8 Å². The highest BCUT2D eigenvalue weighted by Crippen LogP contribution is 2.29. The van der Waals surface area contributed by atoms with Gasteiger partial charge < -0.3 is 4.74 Å². The van der Waals surface area contributed by atoms with Gasteiger partial charge in [-0.25, -0.2) is 0 Å². The second-order valence-electron chi connectivity index (χ2n) is 6.30. The van der Waals surface area contributed by atoms with Crippen molar-refractivity contribution < 1.29 is 14.3 Å². The van der Waals surface area contributed by atoms with E-state index >= 15 is 0 Å². The van der Waals surface area contributed by atoms with Crippen molar-refractivity contribution in [1.29, 1.82) is 0 Å². The van der Waals surface area contributed by atoms with Crippen LogP contribution in [-0.4, -0.2) is 23.5 Å². The number of aryl methyl sites for hydroxylation is 1. The highest BCUT2D eigenvalue weighted by molar-refractivity contribution is 7.80. The van der Waals surface area contributed by atoms with E-state index < -0.39 is 11.8 Å². The van der Waals surface area contributed by atoms with Gasteiger partial charge in [-0.15, -0.1) is 0 Å². The van der Waals surface area contributed by atoms with E-state index in [0.717, 1.165) is 11.1 Å². The van der Waals surface area contributed by atoms with E-state index in [1.165, 1.54) is 11.0 Å². The van der Waals surface area contributed by atoms with Crippen molar-refractivity contribution in [2.75, 3.05) is 11.5 Å². The molecule has 144 valence electrons. The van der Waals surface area contributed by atoms with Crippen molar-refractivity contribution in [3.63, 3.8) is 0 Å². The SMILES string of the molecule is CCOc1ccc(/C=C2\C(=O)NC(=S)N(c3cccc(C)c3C)C2=O)cc1Cl. The van der Waals surface area contributed by atoms with Crippen LogP contribution in [-0.2, 0) is 9.59 Å². The van der Waals surface area contributed by atoms with E-state index in [9.17, 15) is 9.59 Å². The van der Waals surface area contributed by atoms with Crippen LogP contribution < -0.4 is 15.0 Å². The molecule has 0 spiro atoms. The van der Waals surface area contributed by atoms with Crippen molar-refractivity contribution in [1.82, 2.24) is 5.32 Å².